The van der Waals surface area contributed by atoms with Crippen LogP contribution >= 0.6 is 12.2 Å². The van der Waals surface area contributed by atoms with Crippen molar-refractivity contribution in [2.24, 2.45) is 0 Å². The van der Waals surface area contributed by atoms with Crippen LogP contribution in [0.15, 0.2) is 12.1 Å². The highest BCUT2D eigenvalue weighted by molar-refractivity contribution is 7.71. The highest BCUT2D eigenvalue weighted by Crippen LogP contribution is 2.20. The summed E-state index contributed by atoms with van der Waals surface area (Å²) in [6.45, 7) is 3.34. The van der Waals surface area contributed by atoms with Gasteiger partial charge >= 0.3 is 0 Å². The number of hydrogen-bond donors (Lipinski definition) is 1. The summed E-state index contributed by atoms with van der Waals surface area (Å²) in [6, 6.07) is 2.17. The van der Waals surface area contributed by atoms with Crippen molar-refractivity contribution in [1.82, 2.24) is 14.6 Å². The molecule has 102 valence electrons. The van der Waals surface area contributed by atoms with Crippen molar-refractivity contribution in [3.8, 4) is 0 Å². The van der Waals surface area contributed by atoms with E-state index in [-0.39, 0.29) is 5.52 Å². The quantitative estimate of drug-likeness (QED) is 0.810. The van der Waals surface area contributed by atoms with Crippen LogP contribution < -0.4 is 5.01 Å². The molecule has 0 saturated carbocycles. The summed E-state index contributed by atoms with van der Waals surface area (Å²) < 4.78 is 29.2. The zero-order valence-corrected chi connectivity index (χ0v) is 11.3. The number of hydrogen-bond acceptors (Lipinski definition) is 3. The molecule has 0 radical (unpaired) electrons. The van der Waals surface area contributed by atoms with E-state index in [2.05, 4.69) is 9.88 Å². The molecule has 19 heavy (non-hydrogen) atoms. The molecule has 2 aromatic rings. The molecule has 1 aliphatic rings. The molecule has 0 amide bonds. The smallest absolute Gasteiger partial charge is 0.197 e. The SMILES string of the molecule is CN1CCN(n2c(=S)[nH]c3c(F)cc(F)cc32)CC1. The van der Waals surface area contributed by atoms with Gasteiger partial charge in [-0.05, 0) is 19.3 Å². The molecule has 1 aromatic carbocycles. The van der Waals surface area contributed by atoms with Crippen molar-refractivity contribution in [3.05, 3.63) is 28.5 Å². The molecule has 0 atom stereocenters. The van der Waals surface area contributed by atoms with Crippen molar-refractivity contribution in [2.45, 2.75) is 0 Å². The van der Waals surface area contributed by atoms with Gasteiger partial charge in [0.2, 0.25) is 0 Å². The topological polar surface area (TPSA) is 27.2 Å². The van der Waals surface area contributed by atoms with E-state index in [9.17, 15) is 8.78 Å². The van der Waals surface area contributed by atoms with Crippen LogP contribution in [0.3, 0.4) is 0 Å². The monoisotopic (exact) mass is 284 g/mol. The lowest BCUT2D eigenvalue weighted by Crippen LogP contribution is -2.49. The van der Waals surface area contributed by atoms with E-state index in [1.54, 1.807) is 4.68 Å². The molecule has 0 aliphatic carbocycles. The second-order valence-corrected chi connectivity index (χ2v) is 5.17. The average Bonchev–Trinajstić information content (AvgIpc) is 2.67. The predicted octanol–water partition coefficient (Wildman–Crippen LogP) is 1.86. The summed E-state index contributed by atoms with van der Waals surface area (Å²) in [7, 11) is 2.05. The number of aromatic nitrogens is 2. The summed E-state index contributed by atoms with van der Waals surface area (Å²) in [5, 5.41) is 2.01. The van der Waals surface area contributed by atoms with Gasteiger partial charge in [-0.25, -0.2) is 13.5 Å². The first-order valence-corrected chi connectivity index (χ1v) is 6.50. The molecule has 7 heteroatoms. The van der Waals surface area contributed by atoms with Crippen LogP contribution in [0.2, 0.25) is 0 Å². The van der Waals surface area contributed by atoms with Crippen LogP contribution in [-0.2, 0) is 0 Å². The molecule has 3 rings (SSSR count). The van der Waals surface area contributed by atoms with Gasteiger partial charge in [-0.3, -0.25) is 0 Å². The molecule has 0 bridgehead atoms. The van der Waals surface area contributed by atoms with Crippen molar-refractivity contribution in [3.63, 3.8) is 0 Å². The van der Waals surface area contributed by atoms with E-state index < -0.39 is 11.6 Å². The molecule has 1 N–H and O–H groups in total. The molecule has 1 aromatic heterocycles. The fraction of sp³-hybridized carbons (Fsp3) is 0.417. The maximum Gasteiger partial charge on any atom is 0.197 e. The van der Waals surface area contributed by atoms with Crippen molar-refractivity contribution in [2.75, 3.05) is 38.2 Å². The molecular formula is C12H14F2N4S. The predicted molar refractivity (Wildman–Crippen MR) is 72.5 cm³/mol. The van der Waals surface area contributed by atoms with E-state index in [0.29, 0.717) is 10.3 Å². The minimum absolute atomic E-state index is 0.255. The summed E-state index contributed by atoms with van der Waals surface area (Å²) in [5.41, 5.74) is 0.706. The molecule has 4 nitrogen and oxygen atoms in total. The van der Waals surface area contributed by atoms with Gasteiger partial charge < -0.3 is 14.9 Å². The largest absolute Gasteiger partial charge is 0.327 e. The van der Waals surface area contributed by atoms with E-state index in [1.165, 1.54) is 6.07 Å². The first-order valence-electron chi connectivity index (χ1n) is 6.10. The van der Waals surface area contributed by atoms with E-state index in [0.717, 1.165) is 32.2 Å². The Balaban J connectivity index is 2.13. The van der Waals surface area contributed by atoms with Crippen molar-refractivity contribution >= 4 is 23.3 Å². The lowest BCUT2D eigenvalue weighted by Gasteiger charge is -2.34. The van der Waals surface area contributed by atoms with Gasteiger partial charge in [0, 0.05) is 38.3 Å². The van der Waals surface area contributed by atoms with E-state index in [1.807, 2.05) is 12.1 Å². The van der Waals surface area contributed by atoms with Gasteiger partial charge in [-0.1, -0.05) is 0 Å². The van der Waals surface area contributed by atoms with Crippen LogP contribution in [-0.4, -0.2) is 47.8 Å². The number of nitrogens with zero attached hydrogens (tertiary/aromatic N) is 3. The first kappa shape index (κ1) is 12.6. The van der Waals surface area contributed by atoms with E-state index in [4.69, 9.17) is 12.2 Å². The molecule has 2 heterocycles. The standard InChI is InChI=1S/C12H14F2N4S/c1-16-2-4-17(5-3-16)18-10-7-8(13)6-9(14)11(10)15-12(18)19/h6-7H,2-5H2,1H3,(H,15,19). The minimum Gasteiger partial charge on any atom is -0.327 e. The molecule has 1 fully saturated rings. The third-order valence-corrected chi connectivity index (χ3v) is 3.72. The number of halogens is 2. The van der Waals surface area contributed by atoms with Crippen molar-refractivity contribution in [1.29, 1.82) is 0 Å². The number of likely N-dealkylation sites (N-methyl/N-ethyl adjacent to an activating group) is 1. The van der Waals surface area contributed by atoms with Crippen LogP contribution in [0.25, 0.3) is 11.0 Å². The number of fused-ring (bicyclic) bond motifs is 1. The zero-order valence-electron chi connectivity index (χ0n) is 10.5. The lowest BCUT2D eigenvalue weighted by atomic mass is 10.3. The molecule has 0 spiro atoms. The Morgan fingerprint density at radius 2 is 1.84 bits per heavy atom. The van der Waals surface area contributed by atoms with Gasteiger partial charge in [0.25, 0.3) is 0 Å². The zero-order chi connectivity index (χ0) is 13.6. The number of rotatable bonds is 1. The van der Waals surface area contributed by atoms with E-state index >= 15 is 0 Å². The Morgan fingerprint density at radius 3 is 2.53 bits per heavy atom. The van der Waals surface area contributed by atoms with Crippen LogP contribution in [0, 0.1) is 16.4 Å². The van der Waals surface area contributed by atoms with Crippen molar-refractivity contribution < 1.29 is 8.78 Å². The maximum absolute atomic E-state index is 13.7. The number of benzene rings is 1. The van der Waals surface area contributed by atoms with Crippen LogP contribution in [0.4, 0.5) is 8.78 Å². The fourth-order valence-corrected chi connectivity index (χ4v) is 2.71. The van der Waals surface area contributed by atoms with Gasteiger partial charge in [0.05, 0.1) is 5.52 Å². The van der Waals surface area contributed by atoms with Gasteiger partial charge in [0.15, 0.2) is 10.6 Å². The highest BCUT2D eigenvalue weighted by atomic mass is 32.1. The number of piperazine rings is 1. The number of imidazole rings is 1. The average molecular weight is 284 g/mol. The molecular weight excluding hydrogens is 270 g/mol. The second kappa shape index (κ2) is 4.57. The summed E-state index contributed by atoms with van der Waals surface area (Å²) in [5.74, 6) is -1.21. The van der Waals surface area contributed by atoms with Crippen LogP contribution in [0.5, 0.6) is 0 Å². The Kier molecular flexibility index (Phi) is 3.02. The first-order chi connectivity index (χ1) is 9.06. The minimum atomic E-state index is -0.617. The Bertz CT molecular complexity index is 670. The normalized spacial score (nSPS) is 17.3. The lowest BCUT2D eigenvalue weighted by molar-refractivity contribution is 0.288. The number of H-pyrrole nitrogens is 1. The van der Waals surface area contributed by atoms with Crippen LogP contribution in [0.1, 0.15) is 0 Å². The van der Waals surface area contributed by atoms with Gasteiger partial charge in [-0.15, -0.1) is 0 Å². The highest BCUT2D eigenvalue weighted by Gasteiger charge is 2.19. The fourth-order valence-electron chi connectivity index (χ4n) is 2.40. The molecule has 0 unspecified atom stereocenters. The Hall–Kier alpha value is -1.47. The number of nitrogens with one attached hydrogen (secondary N) is 1. The third-order valence-electron chi connectivity index (χ3n) is 3.45. The molecule has 1 saturated heterocycles. The Labute approximate surface area is 114 Å². The molecule has 1 aliphatic heterocycles. The summed E-state index contributed by atoms with van der Waals surface area (Å²) in [6.07, 6.45) is 0. The Morgan fingerprint density at radius 1 is 1.16 bits per heavy atom. The number of aromatic amines is 1. The van der Waals surface area contributed by atoms with Gasteiger partial charge in [-0.2, -0.15) is 0 Å². The third kappa shape index (κ3) is 2.12. The van der Waals surface area contributed by atoms with Gasteiger partial charge in [0.1, 0.15) is 11.3 Å². The maximum atomic E-state index is 13.7. The second-order valence-electron chi connectivity index (χ2n) is 4.78. The summed E-state index contributed by atoms with van der Waals surface area (Å²) in [4.78, 5) is 5.02. The summed E-state index contributed by atoms with van der Waals surface area (Å²) >= 11 is 5.23.